The number of carbonyl (C=O) groups is 1. The number of aromatic nitrogens is 6. The van der Waals surface area contributed by atoms with Crippen LogP contribution in [0.15, 0.2) is 48.5 Å². The summed E-state index contributed by atoms with van der Waals surface area (Å²) in [7, 11) is 0. The number of aromatic amines is 1. The number of tetrazole rings is 1. The molecule has 0 aliphatic heterocycles. The first-order valence-electron chi connectivity index (χ1n) is 13.0. The molecular weight excluding hydrogens is 502 g/mol. The molecule has 0 saturated heterocycles. The summed E-state index contributed by atoms with van der Waals surface area (Å²) in [6.45, 7) is 6.65. The average molecular weight is 536 g/mol. The molecule has 0 aliphatic carbocycles. The van der Waals surface area contributed by atoms with E-state index in [0.717, 1.165) is 53.8 Å². The van der Waals surface area contributed by atoms with Crippen molar-refractivity contribution in [3.8, 4) is 22.5 Å². The first kappa shape index (κ1) is 27.5. The van der Waals surface area contributed by atoms with Crippen LogP contribution in [0.25, 0.3) is 22.5 Å². The van der Waals surface area contributed by atoms with Crippen molar-refractivity contribution in [1.29, 1.82) is 0 Å². The zero-order valence-corrected chi connectivity index (χ0v) is 22.8. The number of ether oxygens (including phenoxy) is 1. The number of nitrogens with zero attached hydrogens (tertiary/aromatic N) is 5. The molecule has 3 N–H and O–H groups in total. The molecule has 10 heteroatoms. The van der Waals surface area contributed by atoms with Crippen molar-refractivity contribution in [3.63, 3.8) is 0 Å². The molecule has 38 heavy (non-hydrogen) atoms. The van der Waals surface area contributed by atoms with E-state index in [1.165, 1.54) is 0 Å². The number of carbonyl (C=O) groups excluding carboxylic acids is 1. The highest BCUT2D eigenvalue weighted by molar-refractivity contribution is 6.30. The molecule has 0 spiro atoms. The lowest BCUT2D eigenvalue weighted by atomic mass is 9.98. The molecule has 0 amide bonds. The topological polar surface area (TPSA) is 125 Å². The Morgan fingerprint density at radius 1 is 1.13 bits per heavy atom. The number of hydrogen-bond acceptors (Lipinski definition) is 7. The Morgan fingerprint density at radius 3 is 2.53 bits per heavy atom. The molecular formula is C28H34ClN7O2. The fourth-order valence-corrected chi connectivity index (χ4v) is 4.51. The van der Waals surface area contributed by atoms with E-state index in [9.17, 15) is 4.79 Å². The third-order valence-corrected chi connectivity index (χ3v) is 7.16. The molecule has 2 atom stereocenters. The van der Waals surface area contributed by atoms with Gasteiger partial charge >= 0.3 is 5.97 Å². The van der Waals surface area contributed by atoms with Crippen molar-refractivity contribution in [2.24, 2.45) is 11.7 Å². The van der Waals surface area contributed by atoms with Crippen LogP contribution in [0.4, 0.5) is 0 Å². The minimum absolute atomic E-state index is 0.0249. The van der Waals surface area contributed by atoms with Gasteiger partial charge in [0.2, 0.25) is 5.82 Å². The standard InChI is InChI=1S/C28H34ClN7O2/c1-4-6-11-24-31-26(29)23(17-38-28(37)25(30)18(3)5-2)36(24)16-19-12-14-20(15-13-19)21-9-7-8-10-22(21)27-32-34-35-33-27/h7-10,12-15,18,25H,4-6,11,16-17,30H2,1-3H3,(H,32,33,34,35). The zero-order valence-electron chi connectivity index (χ0n) is 22.0. The van der Waals surface area contributed by atoms with E-state index in [-0.39, 0.29) is 12.5 Å². The van der Waals surface area contributed by atoms with E-state index in [2.05, 4.69) is 61.4 Å². The maximum atomic E-state index is 12.5. The molecule has 0 radical (unpaired) electrons. The number of hydrogen-bond donors (Lipinski definition) is 2. The van der Waals surface area contributed by atoms with Gasteiger partial charge in [0.25, 0.3) is 0 Å². The van der Waals surface area contributed by atoms with Crippen LogP contribution >= 0.6 is 11.6 Å². The highest BCUT2D eigenvalue weighted by Gasteiger charge is 2.23. The Morgan fingerprint density at radius 2 is 1.87 bits per heavy atom. The van der Waals surface area contributed by atoms with Crippen molar-refractivity contribution in [2.75, 3.05) is 0 Å². The summed E-state index contributed by atoms with van der Waals surface area (Å²) in [4.78, 5) is 17.1. The van der Waals surface area contributed by atoms with Gasteiger partial charge in [-0.15, -0.1) is 10.2 Å². The van der Waals surface area contributed by atoms with Crippen LogP contribution in [-0.2, 0) is 29.1 Å². The Hall–Kier alpha value is -3.56. The Kier molecular flexibility index (Phi) is 9.25. The van der Waals surface area contributed by atoms with Crippen molar-refractivity contribution in [3.05, 3.63) is 70.8 Å². The van der Waals surface area contributed by atoms with E-state index >= 15 is 0 Å². The summed E-state index contributed by atoms with van der Waals surface area (Å²) in [5.41, 5.74) is 10.8. The minimum atomic E-state index is -0.669. The van der Waals surface area contributed by atoms with Crippen LogP contribution in [0.5, 0.6) is 0 Å². The Bertz CT molecular complexity index is 1340. The summed E-state index contributed by atoms with van der Waals surface area (Å²) in [5.74, 6) is 1.03. The SMILES string of the molecule is CCCCc1nc(Cl)c(COC(=O)C(N)C(C)CC)n1Cc1ccc(-c2ccccc2-c2nn[nH]n2)cc1. The predicted octanol–water partition coefficient (Wildman–Crippen LogP) is 5.19. The van der Waals surface area contributed by atoms with Crippen LogP contribution in [0.3, 0.4) is 0 Å². The van der Waals surface area contributed by atoms with E-state index < -0.39 is 12.0 Å². The van der Waals surface area contributed by atoms with Crippen LogP contribution in [0.2, 0.25) is 5.15 Å². The fraction of sp³-hybridized carbons (Fsp3) is 0.393. The third-order valence-electron chi connectivity index (χ3n) is 6.86. The summed E-state index contributed by atoms with van der Waals surface area (Å²) in [5, 5.41) is 14.8. The number of esters is 1. The molecule has 0 fully saturated rings. The van der Waals surface area contributed by atoms with Crippen LogP contribution in [0, 0.1) is 5.92 Å². The van der Waals surface area contributed by atoms with Crippen molar-refractivity contribution in [1.82, 2.24) is 30.2 Å². The normalized spacial score (nSPS) is 12.9. The van der Waals surface area contributed by atoms with E-state index in [1.807, 2.05) is 38.1 Å². The van der Waals surface area contributed by atoms with Gasteiger partial charge in [0.1, 0.15) is 18.5 Å². The van der Waals surface area contributed by atoms with Crippen LogP contribution < -0.4 is 5.73 Å². The largest absolute Gasteiger partial charge is 0.458 e. The van der Waals surface area contributed by atoms with Gasteiger partial charge in [-0.05, 0) is 34.2 Å². The lowest BCUT2D eigenvalue weighted by Gasteiger charge is -2.18. The van der Waals surface area contributed by atoms with Crippen molar-refractivity contribution >= 4 is 17.6 Å². The van der Waals surface area contributed by atoms with Crippen LogP contribution in [-0.4, -0.2) is 42.2 Å². The fourth-order valence-electron chi connectivity index (χ4n) is 4.26. The summed E-state index contributed by atoms with van der Waals surface area (Å²) in [6.07, 6.45) is 3.60. The van der Waals surface area contributed by atoms with Gasteiger partial charge in [0.15, 0.2) is 5.15 Å². The van der Waals surface area contributed by atoms with Gasteiger partial charge in [-0.1, -0.05) is 93.7 Å². The molecule has 0 aliphatic rings. The summed E-state index contributed by atoms with van der Waals surface area (Å²) in [6, 6.07) is 15.6. The third kappa shape index (κ3) is 6.28. The number of imidazole rings is 1. The number of benzene rings is 2. The molecule has 2 unspecified atom stereocenters. The molecule has 2 aromatic heterocycles. The predicted molar refractivity (Wildman–Crippen MR) is 147 cm³/mol. The lowest BCUT2D eigenvalue weighted by molar-refractivity contribution is -0.148. The number of halogens is 1. The second-order valence-corrected chi connectivity index (χ2v) is 9.81. The van der Waals surface area contributed by atoms with Gasteiger partial charge < -0.3 is 15.0 Å². The van der Waals surface area contributed by atoms with Gasteiger partial charge in [-0.25, -0.2) is 4.98 Å². The molecule has 4 aromatic rings. The highest BCUT2D eigenvalue weighted by atomic mass is 35.5. The van der Waals surface area contributed by atoms with Gasteiger partial charge in [0, 0.05) is 18.5 Å². The quantitative estimate of drug-likeness (QED) is 0.239. The number of nitrogens with one attached hydrogen (secondary N) is 1. The number of unbranched alkanes of at least 4 members (excludes halogenated alkanes) is 1. The average Bonchev–Trinajstić information content (AvgIpc) is 3.58. The van der Waals surface area contributed by atoms with E-state index in [0.29, 0.717) is 23.2 Å². The maximum absolute atomic E-state index is 12.5. The molecule has 0 bridgehead atoms. The zero-order chi connectivity index (χ0) is 27.1. The van der Waals surface area contributed by atoms with Crippen molar-refractivity contribution < 1.29 is 9.53 Å². The molecule has 4 rings (SSSR count). The molecule has 2 heterocycles. The van der Waals surface area contributed by atoms with Gasteiger partial charge in [0.05, 0.1) is 5.69 Å². The lowest BCUT2D eigenvalue weighted by Crippen LogP contribution is -2.38. The number of aryl methyl sites for hydroxylation is 1. The Labute approximate surface area is 227 Å². The second-order valence-electron chi connectivity index (χ2n) is 9.45. The van der Waals surface area contributed by atoms with Gasteiger partial charge in [-0.3, -0.25) is 4.79 Å². The monoisotopic (exact) mass is 535 g/mol. The molecule has 2 aromatic carbocycles. The summed E-state index contributed by atoms with van der Waals surface area (Å²) < 4.78 is 7.64. The number of H-pyrrole nitrogens is 1. The molecule has 9 nitrogen and oxygen atoms in total. The highest BCUT2D eigenvalue weighted by Crippen LogP contribution is 2.30. The first-order valence-corrected chi connectivity index (χ1v) is 13.4. The number of rotatable bonds is 12. The molecule has 200 valence electrons. The first-order chi connectivity index (χ1) is 18.4. The maximum Gasteiger partial charge on any atom is 0.323 e. The van der Waals surface area contributed by atoms with E-state index in [1.54, 1.807) is 0 Å². The van der Waals surface area contributed by atoms with Crippen molar-refractivity contribution in [2.45, 2.75) is 65.6 Å². The Balaban J connectivity index is 1.57. The molecule has 0 saturated carbocycles. The number of nitrogens with two attached hydrogens (primary N) is 1. The van der Waals surface area contributed by atoms with Gasteiger partial charge in [-0.2, -0.15) is 5.21 Å². The second kappa shape index (κ2) is 12.8. The smallest absolute Gasteiger partial charge is 0.323 e. The summed E-state index contributed by atoms with van der Waals surface area (Å²) >= 11 is 6.55. The van der Waals surface area contributed by atoms with Crippen LogP contribution in [0.1, 0.15) is 57.1 Å². The van der Waals surface area contributed by atoms with E-state index in [4.69, 9.17) is 22.1 Å². The minimum Gasteiger partial charge on any atom is -0.458 e.